The number of carbonyl (C=O) groups excluding carboxylic acids is 2. The Kier molecular flexibility index (Phi) is 4.68. The monoisotopic (exact) mass is 433 g/mol. The quantitative estimate of drug-likeness (QED) is 0.547. The number of amides is 2. The number of imide groups is 1. The molecule has 3 aliphatic rings. The zero-order valence-corrected chi connectivity index (χ0v) is 19.2. The van der Waals surface area contributed by atoms with E-state index < -0.39 is 23.9 Å². The van der Waals surface area contributed by atoms with Gasteiger partial charge >= 0.3 is 7.12 Å². The van der Waals surface area contributed by atoms with Gasteiger partial charge in [0.1, 0.15) is 0 Å². The first-order valence-corrected chi connectivity index (χ1v) is 11.1. The van der Waals surface area contributed by atoms with Gasteiger partial charge in [0.05, 0.1) is 34.0 Å². The van der Waals surface area contributed by atoms with Gasteiger partial charge in [-0.3, -0.25) is 14.5 Å². The van der Waals surface area contributed by atoms with Crippen LogP contribution < -0.4 is 5.46 Å². The minimum absolute atomic E-state index is 0.00193. The number of ether oxygens (including phenoxy) is 1. The van der Waals surface area contributed by atoms with Crippen molar-refractivity contribution in [3.05, 3.63) is 65.2 Å². The molecule has 1 aliphatic carbocycles. The molecule has 0 atom stereocenters. The standard InChI is InChI=1S/C25H28BNO5/c1-23(2)24(3,4)32-26(31-23)17-12-10-16(11-13-17)25(14-18(15-25)30-5)27-21(28)19-8-6-7-9-20(19)22(27)29/h6-13,18H,14-15H2,1-5H3. The minimum atomic E-state index is -0.720. The van der Waals surface area contributed by atoms with Crippen molar-refractivity contribution >= 4 is 24.4 Å². The fourth-order valence-electron chi connectivity index (χ4n) is 4.92. The summed E-state index contributed by atoms with van der Waals surface area (Å²) in [5.74, 6) is -0.481. The van der Waals surface area contributed by atoms with E-state index in [0.717, 1.165) is 11.0 Å². The van der Waals surface area contributed by atoms with Crippen molar-refractivity contribution in [3.8, 4) is 0 Å². The number of nitrogens with zero attached hydrogens (tertiary/aromatic N) is 1. The molecule has 166 valence electrons. The van der Waals surface area contributed by atoms with Crippen LogP contribution >= 0.6 is 0 Å². The molecule has 0 spiro atoms. The first-order chi connectivity index (χ1) is 15.1. The SMILES string of the molecule is COC1CC(c2ccc(B3OC(C)(C)C(C)(C)O3)cc2)(N2C(=O)c3ccccc3C2=O)C1. The summed E-state index contributed by atoms with van der Waals surface area (Å²) < 4.78 is 17.9. The van der Waals surface area contributed by atoms with Gasteiger partial charge < -0.3 is 14.0 Å². The van der Waals surface area contributed by atoms with Crippen LogP contribution in [-0.2, 0) is 19.6 Å². The summed E-state index contributed by atoms with van der Waals surface area (Å²) in [5.41, 5.74) is 1.20. The number of methoxy groups -OCH3 is 1. The Morgan fingerprint density at radius 3 is 1.84 bits per heavy atom. The van der Waals surface area contributed by atoms with Gasteiger partial charge in [-0.25, -0.2) is 0 Å². The highest BCUT2D eigenvalue weighted by atomic mass is 16.7. The third-order valence-corrected chi connectivity index (χ3v) is 7.66. The molecule has 0 N–H and O–H groups in total. The van der Waals surface area contributed by atoms with Gasteiger partial charge in [-0.05, 0) is 50.9 Å². The maximum atomic E-state index is 13.3. The first-order valence-electron chi connectivity index (χ1n) is 11.1. The molecule has 5 rings (SSSR count). The molecule has 2 aromatic rings. The maximum absolute atomic E-state index is 13.3. The Balaban J connectivity index is 1.48. The van der Waals surface area contributed by atoms with Gasteiger partial charge in [-0.1, -0.05) is 36.4 Å². The Morgan fingerprint density at radius 2 is 1.38 bits per heavy atom. The molecule has 0 radical (unpaired) electrons. The van der Waals surface area contributed by atoms with Gasteiger partial charge in [0.15, 0.2) is 0 Å². The number of benzene rings is 2. The lowest BCUT2D eigenvalue weighted by Gasteiger charge is -2.51. The summed E-state index contributed by atoms with van der Waals surface area (Å²) in [7, 11) is 1.20. The van der Waals surface area contributed by atoms with E-state index in [9.17, 15) is 9.59 Å². The van der Waals surface area contributed by atoms with Gasteiger partial charge in [-0.15, -0.1) is 0 Å². The van der Waals surface area contributed by atoms with Crippen molar-refractivity contribution in [1.29, 1.82) is 0 Å². The number of hydrogen-bond donors (Lipinski definition) is 0. The average Bonchev–Trinajstić information content (AvgIpc) is 3.11. The van der Waals surface area contributed by atoms with E-state index in [1.54, 1.807) is 31.4 Å². The van der Waals surface area contributed by atoms with Crippen molar-refractivity contribution in [2.45, 2.75) is 63.4 Å². The highest BCUT2D eigenvalue weighted by molar-refractivity contribution is 6.62. The van der Waals surface area contributed by atoms with Crippen LogP contribution in [-0.4, -0.2) is 48.2 Å². The molecule has 2 aliphatic heterocycles. The number of rotatable bonds is 4. The fraction of sp³-hybridized carbons (Fsp3) is 0.440. The van der Waals surface area contributed by atoms with E-state index in [4.69, 9.17) is 14.0 Å². The Hall–Kier alpha value is -2.48. The van der Waals surface area contributed by atoms with E-state index in [-0.39, 0.29) is 17.9 Å². The largest absolute Gasteiger partial charge is 0.494 e. The lowest BCUT2D eigenvalue weighted by Crippen LogP contribution is -2.59. The molecule has 2 heterocycles. The van der Waals surface area contributed by atoms with E-state index in [2.05, 4.69) is 0 Å². The number of carbonyl (C=O) groups is 2. The second-order valence-electron chi connectivity index (χ2n) is 10.00. The lowest BCUT2D eigenvalue weighted by molar-refractivity contribution is -0.0706. The molecule has 0 aromatic heterocycles. The van der Waals surface area contributed by atoms with Crippen molar-refractivity contribution in [3.63, 3.8) is 0 Å². The van der Waals surface area contributed by atoms with Gasteiger partial charge in [0.2, 0.25) is 0 Å². The second kappa shape index (κ2) is 7.01. The van der Waals surface area contributed by atoms with E-state index in [0.29, 0.717) is 24.0 Å². The van der Waals surface area contributed by atoms with Crippen molar-refractivity contribution in [2.24, 2.45) is 0 Å². The molecule has 0 unspecified atom stereocenters. The van der Waals surface area contributed by atoms with Crippen molar-refractivity contribution in [1.82, 2.24) is 4.90 Å². The van der Waals surface area contributed by atoms with Gasteiger partial charge in [-0.2, -0.15) is 0 Å². The Morgan fingerprint density at radius 1 is 0.875 bits per heavy atom. The predicted octanol–water partition coefficient (Wildman–Crippen LogP) is 3.29. The summed E-state index contributed by atoms with van der Waals surface area (Å²) in [6.45, 7) is 8.10. The topological polar surface area (TPSA) is 65.1 Å². The smallest absolute Gasteiger partial charge is 0.399 e. The van der Waals surface area contributed by atoms with Crippen LogP contribution in [0, 0.1) is 0 Å². The van der Waals surface area contributed by atoms with Gasteiger partial charge in [0.25, 0.3) is 11.8 Å². The van der Waals surface area contributed by atoms with E-state index >= 15 is 0 Å². The molecule has 1 saturated heterocycles. The second-order valence-corrected chi connectivity index (χ2v) is 10.00. The third kappa shape index (κ3) is 2.91. The van der Waals surface area contributed by atoms with Gasteiger partial charge in [0, 0.05) is 20.0 Å². The fourth-order valence-corrected chi connectivity index (χ4v) is 4.92. The molecule has 7 heteroatoms. The van der Waals surface area contributed by atoms with E-state index in [1.165, 1.54) is 4.90 Å². The summed E-state index contributed by atoms with van der Waals surface area (Å²) in [5, 5.41) is 0. The molecule has 1 saturated carbocycles. The summed E-state index contributed by atoms with van der Waals surface area (Å²) >= 11 is 0. The van der Waals surface area contributed by atoms with Crippen LogP contribution in [0.5, 0.6) is 0 Å². The van der Waals surface area contributed by atoms with Crippen molar-refractivity contribution < 1.29 is 23.6 Å². The molecule has 2 aromatic carbocycles. The highest BCUT2D eigenvalue weighted by Gasteiger charge is 2.57. The average molecular weight is 433 g/mol. The molecule has 0 bridgehead atoms. The summed E-state index contributed by atoms with van der Waals surface area (Å²) in [6.07, 6.45) is 1.15. The van der Waals surface area contributed by atoms with Crippen LogP contribution in [0.3, 0.4) is 0 Å². The normalized spacial score (nSPS) is 28.1. The van der Waals surface area contributed by atoms with E-state index in [1.807, 2.05) is 52.0 Å². The zero-order valence-electron chi connectivity index (χ0n) is 19.2. The van der Waals surface area contributed by atoms with Crippen LogP contribution in [0.4, 0.5) is 0 Å². The van der Waals surface area contributed by atoms with Crippen LogP contribution in [0.25, 0.3) is 0 Å². The Labute approximate surface area is 189 Å². The van der Waals surface area contributed by atoms with Crippen LogP contribution in [0.2, 0.25) is 0 Å². The number of fused-ring (bicyclic) bond motifs is 1. The maximum Gasteiger partial charge on any atom is 0.494 e. The molecule has 6 nitrogen and oxygen atoms in total. The summed E-state index contributed by atoms with van der Waals surface area (Å²) in [6, 6.07) is 14.9. The minimum Gasteiger partial charge on any atom is -0.399 e. The predicted molar refractivity (Wildman–Crippen MR) is 121 cm³/mol. The first kappa shape index (κ1) is 21.4. The van der Waals surface area contributed by atoms with Crippen LogP contribution in [0.1, 0.15) is 66.8 Å². The lowest BCUT2D eigenvalue weighted by atomic mass is 9.67. The molecule has 32 heavy (non-hydrogen) atoms. The van der Waals surface area contributed by atoms with Crippen LogP contribution in [0.15, 0.2) is 48.5 Å². The molecule has 2 amide bonds. The Bertz CT molecular complexity index is 1040. The summed E-state index contributed by atoms with van der Waals surface area (Å²) in [4.78, 5) is 28.0. The highest BCUT2D eigenvalue weighted by Crippen LogP contribution is 2.50. The zero-order chi connectivity index (χ0) is 22.9. The third-order valence-electron chi connectivity index (χ3n) is 7.66. The molecule has 2 fully saturated rings. The van der Waals surface area contributed by atoms with Crippen molar-refractivity contribution in [2.75, 3.05) is 7.11 Å². The molecular weight excluding hydrogens is 405 g/mol. The molecular formula is C25H28BNO5. The number of hydrogen-bond acceptors (Lipinski definition) is 5.